The monoisotopic (exact) mass is 203 g/mol. The van der Waals surface area contributed by atoms with Crippen LogP contribution in [-0.4, -0.2) is 45.3 Å². The van der Waals surface area contributed by atoms with Crippen LogP contribution in [0.2, 0.25) is 0 Å². The van der Waals surface area contributed by atoms with Crippen LogP contribution in [0.4, 0.5) is 0 Å². The maximum absolute atomic E-state index is 5.43. The van der Waals surface area contributed by atoms with Gasteiger partial charge in [0.05, 0.1) is 19.3 Å². The first-order valence-electron chi connectivity index (χ1n) is 5.07. The van der Waals surface area contributed by atoms with Gasteiger partial charge >= 0.3 is 0 Å². The molecule has 1 rings (SSSR count). The van der Waals surface area contributed by atoms with E-state index in [2.05, 4.69) is 19.2 Å². The van der Waals surface area contributed by atoms with Gasteiger partial charge in [0, 0.05) is 19.2 Å². The van der Waals surface area contributed by atoms with Crippen LogP contribution in [0.3, 0.4) is 0 Å². The first-order valence-corrected chi connectivity index (χ1v) is 5.07. The quantitative estimate of drug-likeness (QED) is 0.716. The number of hydrogen-bond donors (Lipinski definition) is 1. The lowest BCUT2D eigenvalue weighted by molar-refractivity contribution is -0.138. The lowest BCUT2D eigenvalue weighted by Gasteiger charge is -2.30. The minimum absolute atomic E-state index is 0.0103. The molecule has 1 atom stereocenters. The van der Waals surface area contributed by atoms with E-state index in [-0.39, 0.29) is 11.6 Å². The topological polar surface area (TPSA) is 39.7 Å². The SMILES string of the molecule is COCC(C)(C)NCC1CCOCO1. The summed E-state index contributed by atoms with van der Waals surface area (Å²) in [6.45, 7) is 7.04. The molecule has 14 heavy (non-hydrogen) atoms. The zero-order valence-electron chi connectivity index (χ0n) is 9.34. The lowest BCUT2D eigenvalue weighted by Crippen LogP contribution is -2.48. The Hall–Kier alpha value is -0.160. The molecular formula is C10H21NO3. The molecule has 0 radical (unpaired) electrons. The molecule has 1 unspecified atom stereocenters. The van der Waals surface area contributed by atoms with E-state index in [9.17, 15) is 0 Å². The molecule has 1 fully saturated rings. The summed E-state index contributed by atoms with van der Waals surface area (Å²) >= 11 is 0. The Balaban J connectivity index is 2.17. The van der Waals surface area contributed by atoms with Gasteiger partial charge in [-0.15, -0.1) is 0 Å². The molecule has 4 heteroatoms. The van der Waals surface area contributed by atoms with Crippen molar-refractivity contribution in [3.05, 3.63) is 0 Å². The Morgan fingerprint density at radius 3 is 2.86 bits per heavy atom. The second-order valence-electron chi connectivity index (χ2n) is 4.30. The molecule has 0 bridgehead atoms. The van der Waals surface area contributed by atoms with Crippen molar-refractivity contribution in [1.82, 2.24) is 5.32 Å². The highest BCUT2D eigenvalue weighted by Gasteiger charge is 2.20. The van der Waals surface area contributed by atoms with Gasteiger partial charge in [-0.25, -0.2) is 0 Å². The molecule has 0 aromatic carbocycles. The average molecular weight is 203 g/mol. The summed E-state index contributed by atoms with van der Waals surface area (Å²) in [7, 11) is 1.72. The lowest BCUT2D eigenvalue weighted by atomic mass is 10.1. The van der Waals surface area contributed by atoms with Gasteiger partial charge in [0.15, 0.2) is 0 Å². The standard InChI is InChI=1S/C10H21NO3/c1-10(2,7-12-3)11-6-9-4-5-13-8-14-9/h9,11H,4-8H2,1-3H3. The Morgan fingerprint density at radius 1 is 1.50 bits per heavy atom. The van der Waals surface area contributed by atoms with Crippen LogP contribution in [0, 0.1) is 0 Å². The number of hydrogen-bond acceptors (Lipinski definition) is 4. The van der Waals surface area contributed by atoms with Crippen molar-refractivity contribution in [2.24, 2.45) is 0 Å². The van der Waals surface area contributed by atoms with Crippen LogP contribution in [0.25, 0.3) is 0 Å². The van der Waals surface area contributed by atoms with Crippen LogP contribution in [0.5, 0.6) is 0 Å². The summed E-state index contributed by atoms with van der Waals surface area (Å²) in [6.07, 6.45) is 1.25. The highest BCUT2D eigenvalue weighted by atomic mass is 16.7. The summed E-state index contributed by atoms with van der Waals surface area (Å²) in [5, 5.41) is 3.42. The van der Waals surface area contributed by atoms with Crippen molar-refractivity contribution in [2.45, 2.75) is 31.9 Å². The molecule has 4 nitrogen and oxygen atoms in total. The van der Waals surface area contributed by atoms with Gasteiger partial charge < -0.3 is 19.5 Å². The third kappa shape index (κ3) is 4.37. The predicted molar refractivity (Wildman–Crippen MR) is 54.3 cm³/mol. The maximum atomic E-state index is 5.43. The number of nitrogens with one attached hydrogen (secondary N) is 1. The molecule has 1 N–H and O–H groups in total. The van der Waals surface area contributed by atoms with Crippen molar-refractivity contribution < 1.29 is 14.2 Å². The second-order valence-corrected chi connectivity index (χ2v) is 4.30. The first kappa shape index (κ1) is 11.9. The fraction of sp³-hybridized carbons (Fsp3) is 1.00. The van der Waals surface area contributed by atoms with Gasteiger partial charge in [-0.2, -0.15) is 0 Å². The highest BCUT2D eigenvalue weighted by Crippen LogP contribution is 2.08. The average Bonchev–Trinajstić information content (AvgIpc) is 2.17. The molecule has 84 valence electrons. The van der Waals surface area contributed by atoms with Gasteiger partial charge in [-0.1, -0.05) is 0 Å². The number of methoxy groups -OCH3 is 1. The molecule has 0 aromatic heterocycles. The van der Waals surface area contributed by atoms with Crippen molar-refractivity contribution in [1.29, 1.82) is 0 Å². The summed E-state index contributed by atoms with van der Waals surface area (Å²) in [6, 6.07) is 0. The molecule has 1 aliphatic heterocycles. The summed E-state index contributed by atoms with van der Waals surface area (Å²) < 4.78 is 15.6. The molecule has 1 heterocycles. The molecule has 0 spiro atoms. The summed E-state index contributed by atoms with van der Waals surface area (Å²) in [5.74, 6) is 0. The Bertz CT molecular complexity index is 155. The van der Waals surface area contributed by atoms with E-state index in [0.29, 0.717) is 13.4 Å². The van der Waals surface area contributed by atoms with Crippen molar-refractivity contribution in [2.75, 3.05) is 33.7 Å². The normalized spacial score (nSPS) is 23.8. The van der Waals surface area contributed by atoms with Gasteiger partial charge in [0.2, 0.25) is 0 Å². The molecule has 0 aliphatic carbocycles. The van der Waals surface area contributed by atoms with Gasteiger partial charge in [-0.05, 0) is 20.3 Å². The van der Waals surface area contributed by atoms with Crippen LogP contribution in [-0.2, 0) is 14.2 Å². The van der Waals surface area contributed by atoms with E-state index >= 15 is 0 Å². The molecule has 0 saturated carbocycles. The van der Waals surface area contributed by atoms with E-state index in [4.69, 9.17) is 14.2 Å². The largest absolute Gasteiger partial charge is 0.383 e. The van der Waals surface area contributed by atoms with E-state index < -0.39 is 0 Å². The second kappa shape index (κ2) is 5.66. The van der Waals surface area contributed by atoms with Crippen LogP contribution in [0.15, 0.2) is 0 Å². The van der Waals surface area contributed by atoms with Gasteiger partial charge in [0.1, 0.15) is 6.79 Å². The third-order valence-corrected chi connectivity index (χ3v) is 2.28. The fourth-order valence-electron chi connectivity index (χ4n) is 1.46. The smallest absolute Gasteiger partial charge is 0.147 e. The Kier molecular flexibility index (Phi) is 4.81. The van der Waals surface area contributed by atoms with Crippen LogP contribution >= 0.6 is 0 Å². The van der Waals surface area contributed by atoms with E-state index in [0.717, 1.165) is 19.6 Å². The minimum Gasteiger partial charge on any atom is -0.383 e. The molecule has 1 saturated heterocycles. The Labute approximate surface area is 85.9 Å². The maximum Gasteiger partial charge on any atom is 0.147 e. The molecule has 0 aromatic rings. The van der Waals surface area contributed by atoms with E-state index in [1.807, 2.05) is 0 Å². The van der Waals surface area contributed by atoms with E-state index in [1.54, 1.807) is 7.11 Å². The number of ether oxygens (including phenoxy) is 3. The molecular weight excluding hydrogens is 182 g/mol. The zero-order chi connectivity index (χ0) is 10.4. The van der Waals surface area contributed by atoms with Crippen molar-refractivity contribution >= 4 is 0 Å². The van der Waals surface area contributed by atoms with Crippen LogP contribution in [0.1, 0.15) is 20.3 Å². The van der Waals surface area contributed by atoms with Crippen molar-refractivity contribution in [3.8, 4) is 0 Å². The Morgan fingerprint density at radius 2 is 2.29 bits per heavy atom. The third-order valence-electron chi connectivity index (χ3n) is 2.28. The fourth-order valence-corrected chi connectivity index (χ4v) is 1.46. The predicted octanol–water partition coefficient (Wildman–Crippen LogP) is 0.764. The summed E-state index contributed by atoms with van der Waals surface area (Å²) in [4.78, 5) is 0. The minimum atomic E-state index is 0.0103. The first-order chi connectivity index (χ1) is 6.64. The molecule has 1 aliphatic rings. The molecule has 0 amide bonds. The zero-order valence-corrected chi connectivity index (χ0v) is 9.34. The highest BCUT2D eigenvalue weighted by molar-refractivity contribution is 4.79. The van der Waals surface area contributed by atoms with Crippen molar-refractivity contribution in [3.63, 3.8) is 0 Å². The summed E-state index contributed by atoms with van der Waals surface area (Å²) in [5.41, 5.74) is 0.0103. The van der Waals surface area contributed by atoms with Gasteiger partial charge in [0.25, 0.3) is 0 Å². The van der Waals surface area contributed by atoms with Gasteiger partial charge in [-0.3, -0.25) is 0 Å². The van der Waals surface area contributed by atoms with E-state index in [1.165, 1.54) is 0 Å². The number of rotatable bonds is 5. The van der Waals surface area contributed by atoms with Crippen LogP contribution < -0.4 is 5.32 Å².